The van der Waals surface area contributed by atoms with Gasteiger partial charge in [0.25, 0.3) is 5.56 Å². The fourth-order valence-corrected chi connectivity index (χ4v) is 2.64. The van der Waals surface area contributed by atoms with E-state index in [4.69, 9.17) is 5.73 Å². The van der Waals surface area contributed by atoms with Crippen LogP contribution < -0.4 is 22.3 Å². The molecule has 3 rings (SSSR count). The molecule has 6 nitrogen and oxygen atoms in total. The van der Waals surface area contributed by atoms with Crippen molar-refractivity contribution in [2.45, 2.75) is 13.0 Å². The van der Waals surface area contributed by atoms with E-state index in [9.17, 15) is 9.59 Å². The number of benzene rings is 2. The van der Waals surface area contributed by atoms with Crippen molar-refractivity contribution in [2.24, 2.45) is 0 Å². The molecule has 128 valence electrons. The van der Waals surface area contributed by atoms with Crippen LogP contribution in [0.4, 0.5) is 11.5 Å². The lowest BCUT2D eigenvalue weighted by atomic mass is 10.1. The lowest BCUT2D eigenvalue weighted by Gasteiger charge is -2.12. The molecule has 0 aliphatic rings. The number of aromatic amines is 1. The van der Waals surface area contributed by atoms with Gasteiger partial charge in [0, 0.05) is 6.54 Å². The minimum absolute atomic E-state index is 0.0624. The van der Waals surface area contributed by atoms with E-state index in [-0.39, 0.29) is 18.1 Å². The molecular weight excluding hydrogens is 316 g/mol. The Labute approximate surface area is 145 Å². The highest BCUT2D eigenvalue weighted by Gasteiger charge is 2.12. The first kappa shape index (κ1) is 16.6. The van der Waals surface area contributed by atoms with Crippen LogP contribution in [0.3, 0.4) is 0 Å². The van der Waals surface area contributed by atoms with Crippen molar-refractivity contribution in [3.63, 3.8) is 0 Å². The summed E-state index contributed by atoms with van der Waals surface area (Å²) in [5.41, 5.74) is 7.15. The number of anilines is 2. The Morgan fingerprint density at radius 3 is 2.16 bits per heavy atom. The molecule has 0 saturated heterocycles. The highest BCUT2D eigenvalue weighted by Crippen LogP contribution is 2.08. The predicted octanol–water partition coefficient (Wildman–Crippen LogP) is 1.82. The second-order valence-electron chi connectivity index (χ2n) is 5.76. The average molecular weight is 336 g/mol. The van der Waals surface area contributed by atoms with Gasteiger partial charge in [0.2, 0.25) is 0 Å². The Balaban J connectivity index is 1.81. The highest BCUT2D eigenvalue weighted by atomic mass is 16.2. The van der Waals surface area contributed by atoms with Gasteiger partial charge in [-0.05, 0) is 17.5 Å². The first-order chi connectivity index (χ1) is 12.1. The molecule has 3 aromatic rings. The Morgan fingerprint density at radius 1 is 0.920 bits per heavy atom. The fourth-order valence-electron chi connectivity index (χ4n) is 2.64. The molecule has 0 saturated carbocycles. The highest BCUT2D eigenvalue weighted by molar-refractivity contribution is 5.59. The number of hydrogen-bond donors (Lipinski definition) is 3. The first-order valence-corrected chi connectivity index (χ1v) is 8.09. The maximum Gasteiger partial charge on any atom is 0.330 e. The van der Waals surface area contributed by atoms with Crippen molar-refractivity contribution in [1.82, 2.24) is 9.55 Å². The third-order valence-electron chi connectivity index (χ3n) is 3.96. The Hall–Kier alpha value is -3.28. The summed E-state index contributed by atoms with van der Waals surface area (Å²) in [5.74, 6) is 0.0624. The van der Waals surface area contributed by atoms with Gasteiger partial charge >= 0.3 is 5.69 Å². The number of nitrogen functional groups attached to an aromatic ring is 1. The van der Waals surface area contributed by atoms with E-state index in [1.807, 2.05) is 60.7 Å². The number of hydrogen-bond acceptors (Lipinski definition) is 4. The predicted molar refractivity (Wildman–Crippen MR) is 99.9 cm³/mol. The minimum Gasteiger partial charge on any atom is -0.383 e. The first-order valence-electron chi connectivity index (χ1n) is 8.09. The monoisotopic (exact) mass is 336 g/mol. The van der Waals surface area contributed by atoms with E-state index < -0.39 is 11.2 Å². The van der Waals surface area contributed by atoms with Gasteiger partial charge in [0.05, 0.1) is 6.54 Å². The Bertz CT molecular complexity index is 947. The zero-order valence-electron chi connectivity index (χ0n) is 13.7. The smallest absolute Gasteiger partial charge is 0.330 e. The van der Waals surface area contributed by atoms with Crippen LogP contribution in [0.2, 0.25) is 0 Å². The van der Waals surface area contributed by atoms with E-state index in [1.165, 1.54) is 0 Å². The van der Waals surface area contributed by atoms with E-state index in [1.54, 1.807) is 0 Å². The van der Waals surface area contributed by atoms with Crippen LogP contribution >= 0.6 is 0 Å². The summed E-state index contributed by atoms with van der Waals surface area (Å²) in [6, 6.07) is 19.3. The lowest BCUT2D eigenvalue weighted by molar-refractivity contribution is 0.702. The fraction of sp³-hybridized carbons (Fsp3) is 0.158. The Kier molecular flexibility index (Phi) is 4.99. The van der Waals surface area contributed by atoms with Gasteiger partial charge in [-0.25, -0.2) is 4.79 Å². The van der Waals surface area contributed by atoms with Crippen LogP contribution in [-0.2, 0) is 13.0 Å². The second-order valence-corrected chi connectivity index (χ2v) is 5.76. The number of nitrogens with zero attached hydrogens (tertiary/aromatic N) is 1. The molecule has 1 aromatic heterocycles. The number of nitrogens with one attached hydrogen (secondary N) is 2. The molecule has 0 amide bonds. The number of rotatable bonds is 6. The summed E-state index contributed by atoms with van der Waals surface area (Å²) in [4.78, 5) is 27.3. The maximum atomic E-state index is 12.7. The molecule has 0 radical (unpaired) electrons. The largest absolute Gasteiger partial charge is 0.383 e. The maximum absolute atomic E-state index is 12.7. The van der Waals surface area contributed by atoms with Gasteiger partial charge in [-0.1, -0.05) is 60.7 Å². The van der Waals surface area contributed by atoms with Gasteiger partial charge in [0.15, 0.2) is 0 Å². The van der Waals surface area contributed by atoms with Crippen molar-refractivity contribution >= 4 is 11.5 Å². The van der Waals surface area contributed by atoms with E-state index in [0.29, 0.717) is 6.54 Å². The Morgan fingerprint density at radius 2 is 1.52 bits per heavy atom. The second kappa shape index (κ2) is 7.53. The third-order valence-corrected chi connectivity index (χ3v) is 3.96. The quantitative estimate of drug-likeness (QED) is 0.640. The summed E-state index contributed by atoms with van der Waals surface area (Å²) < 4.78 is 1.15. The number of H-pyrrole nitrogens is 1. The SMILES string of the molecule is Nc1[nH]c(=O)n(Cc2ccccc2)c(=O)c1NCCc1ccccc1. The molecule has 0 fully saturated rings. The number of aromatic nitrogens is 2. The van der Waals surface area contributed by atoms with Crippen molar-refractivity contribution in [1.29, 1.82) is 0 Å². The van der Waals surface area contributed by atoms with E-state index >= 15 is 0 Å². The summed E-state index contributed by atoms with van der Waals surface area (Å²) in [6.45, 7) is 0.740. The molecule has 0 atom stereocenters. The molecule has 4 N–H and O–H groups in total. The standard InChI is InChI=1S/C19H20N4O2/c20-17-16(21-12-11-14-7-3-1-4-8-14)18(24)23(19(25)22-17)13-15-9-5-2-6-10-15/h1-10,21H,11-13,20H2,(H,22,25). The van der Waals surface area contributed by atoms with Gasteiger partial charge in [-0.15, -0.1) is 0 Å². The number of nitrogens with two attached hydrogens (primary N) is 1. The summed E-state index contributed by atoms with van der Waals surface area (Å²) >= 11 is 0. The van der Waals surface area contributed by atoms with Crippen LogP contribution in [0, 0.1) is 0 Å². The van der Waals surface area contributed by atoms with Gasteiger partial charge in [-0.3, -0.25) is 14.3 Å². The van der Waals surface area contributed by atoms with Crippen molar-refractivity contribution in [3.8, 4) is 0 Å². The molecule has 0 bridgehead atoms. The molecule has 0 aliphatic heterocycles. The van der Waals surface area contributed by atoms with Crippen LogP contribution in [-0.4, -0.2) is 16.1 Å². The van der Waals surface area contributed by atoms with Gasteiger partial charge < -0.3 is 11.1 Å². The van der Waals surface area contributed by atoms with Crippen LogP contribution in [0.15, 0.2) is 70.3 Å². The molecule has 0 unspecified atom stereocenters. The molecule has 0 spiro atoms. The van der Waals surface area contributed by atoms with Crippen LogP contribution in [0.1, 0.15) is 11.1 Å². The average Bonchev–Trinajstić information content (AvgIpc) is 2.63. The molecule has 2 aromatic carbocycles. The third kappa shape index (κ3) is 3.98. The summed E-state index contributed by atoms with van der Waals surface area (Å²) in [7, 11) is 0. The van der Waals surface area contributed by atoms with Crippen molar-refractivity contribution in [2.75, 3.05) is 17.6 Å². The van der Waals surface area contributed by atoms with Crippen LogP contribution in [0.5, 0.6) is 0 Å². The summed E-state index contributed by atoms with van der Waals surface area (Å²) in [6.07, 6.45) is 0.748. The lowest BCUT2D eigenvalue weighted by Crippen LogP contribution is -2.38. The zero-order chi connectivity index (χ0) is 17.6. The zero-order valence-corrected chi connectivity index (χ0v) is 13.7. The summed E-state index contributed by atoms with van der Waals surface area (Å²) in [5, 5.41) is 3.05. The van der Waals surface area contributed by atoms with Gasteiger partial charge in [-0.2, -0.15) is 0 Å². The van der Waals surface area contributed by atoms with Crippen LogP contribution in [0.25, 0.3) is 0 Å². The molecule has 0 aliphatic carbocycles. The molecular formula is C19H20N4O2. The van der Waals surface area contributed by atoms with Gasteiger partial charge in [0.1, 0.15) is 11.5 Å². The van der Waals surface area contributed by atoms with Crippen molar-refractivity contribution < 1.29 is 0 Å². The normalized spacial score (nSPS) is 10.6. The van der Waals surface area contributed by atoms with E-state index in [2.05, 4.69) is 10.3 Å². The van der Waals surface area contributed by atoms with Crippen molar-refractivity contribution in [3.05, 3.63) is 92.6 Å². The minimum atomic E-state index is -0.514. The molecule has 6 heteroatoms. The topological polar surface area (TPSA) is 92.9 Å². The molecule has 25 heavy (non-hydrogen) atoms. The van der Waals surface area contributed by atoms with E-state index in [0.717, 1.165) is 22.1 Å². The molecule has 1 heterocycles.